The molecule has 0 radical (unpaired) electrons. The van der Waals surface area contributed by atoms with Crippen LogP contribution in [0.4, 0.5) is 8.78 Å². The normalized spacial score (nSPS) is 12.5. The van der Waals surface area contributed by atoms with E-state index < -0.39 is 11.6 Å². The van der Waals surface area contributed by atoms with Crippen LogP contribution in [0.2, 0.25) is 0 Å². The SMILES string of the molecule is CCN(Cc1ccc(C(=O)N(C)C(C)c2ccc(F)c(F)c2)cc1)C(C)C. The van der Waals surface area contributed by atoms with E-state index in [1.54, 1.807) is 14.0 Å². The number of amides is 1. The number of benzene rings is 2. The molecule has 1 amide bonds. The van der Waals surface area contributed by atoms with E-state index in [4.69, 9.17) is 0 Å². The van der Waals surface area contributed by atoms with Crippen molar-refractivity contribution in [3.05, 3.63) is 70.8 Å². The summed E-state index contributed by atoms with van der Waals surface area (Å²) in [7, 11) is 1.67. The number of rotatable bonds is 7. The van der Waals surface area contributed by atoms with Crippen LogP contribution < -0.4 is 0 Å². The summed E-state index contributed by atoms with van der Waals surface area (Å²) in [6, 6.07) is 11.4. The second-order valence-corrected chi connectivity index (χ2v) is 7.12. The maximum atomic E-state index is 13.5. The van der Waals surface area contributed by atoms with Crippen LogP contribution in [0.15, 0.2) is 42.5 Å². The molecule has 5 heteroatoms. The molecule has 146 valence electrons. The van der Waals surface area contributed by atoms with E-state index >= 15 is 0 Å². The lowest BCUT2D eigenvalue weighted by molar-refractivity contribution is 0.0742. The Labute approximate surface area is 160 Å². The lowest BCUT2D eigenvalue weighted by atomic mass is 10.0. The molecule has 0 fully saturated rings. The predicted octanol–water partition coefficient (Wildman–Crippen LogP) is 5.03. The minimum atomic E-state index is -0.907. The summed E-state index contributed by atoms with van der Waals surface area (Å²) in [6.45, 7) is 10.1. The van der Waals surface area contributed by atoms with Gasteiger partial charge in [-0.05, 0) is 62.7 Å². The van der Waals surface area contributed by atoms with Crippen LogP contribution in [0.25, 0.3) is 0 Å². The zero-order chi connectivity index (χ0) is 20.1. The molecular weight excluding hydrogens is 346 g/mol. The van der Waals surface area contributed by atoms with Gasteiger partial charge in [-0.25, -0.2) is 8.78 Å². The second-order valence-electron chi connectivity index (χ2n) is 7.12. The smallest absolute Gasteiger partial charge is 0.254 e. The Hall–Kier alpha value is -2.27. The second kappa shape index (κ2) is 9.09. The van der Waals surface area contributed by atoms with Crippen molar-refractivity contribution in [1.29, 1.82) is 0 Å². The fourth-order valence-electron chi connectivity index (χ4n) is 3.02. The van der Waals surface area contributed by atoms with Crippen molar-refractivity contribution in [3.8, 4) is 0 Å². The van der Waals surface area contributed by atoms with Gasteiger partial charge in [0.1, 0.15) is 0 Å². The first kappa shape index (κ1) is 21.0. The van der Waals surface area contributed by atoms with E-state index in [1.165, 1.54) is 11.0 Å². The average Bonchev–Trinajstić information content (AvgIpc) is 2.66. The summed E-state index contributed by atoms with van der Waals surface area (Å²) < 4.78 is 26.6. The summed E-state index contributed by atoms with van der Waals surface area (Å²) in [4.78, 5) is 16.6. The Morgan fingerprint density at radius 3 is 2.15 bits per heavy atom. The number of hydrogen-bond acceptors (Lipinski definition) is 2. The molecule has 0 aliphatic rings. The zero-order valence-corrected chi connectivity index (χ0v) is 16.7. The summed E-state index contributed by atoms with van der Waals surface area (Å²) in [5.41, 5.74) is 2.28. The molecule has 0 saturated carbocycles. The number of hydrogen-bond donors (Lipinski definition) is 0. The predicted molar refractivity (Wildman–Crippen MR) is 105 cm³/mol. The number of carbonyl (C=O) groups is 1. The van der Waals surface area contributed by atoms with Crippen LogP contribution in [0.1, 0.15) is 55.2 Å². The summed E-state index contributed by atoms with van der Waals surface area (Å²) in [5.74, 6) is -1.96. The fourth-order valence-corrected chi connectivity index (χ4v) is 3.02. The Kier molecular flexibility index (Phi) is 7.08. The minimum Gasteiger partial charge on any atom is -0.335 e. The first-order valence-electron chi connectivity index (χ1n) is 9.29. The molecular formula is C22H28F2N2O. The molecule has 2 aromatic rings. The van der Waals surface area contributed by atoms with E-state index in [2.05, 4.69) is 25.7 Å². The van der Waals surface area contributed by atoms with Gasteiger partial charge in [0, 0.05) is 25.2 Å². The van der Waals surface area contributed by atoms with E-state index in [9.17, 15) is 13.6 Å². The largest absolute Gasteiger partial charge is 0.335 e. The molecule has 0 aromatic heterocycles. The lowest BCUT2D eigenvalue weighted by Crippen LogP contribution is -2.30. The first-order chi connectivity index (χ1) is 12.7. The fraction of sp³-hybridized carbons (Fsp3) is 0.409. The van der Waals surface area contributed by atoms with Crippen LogP contribution in [-0.4, -0.2) is 35.3 Å². The van der Waals surface area contributed by atoms with Crippen molar-refractivity contribution in [2.24, 2.45) is 0 Å². The summed E-state index contributed by atoms with van der Waals surface area (Å²) in [6.07, 6.45) is 0. The van der Waals surface area contributed by atoms with Gasteiger partial charge < -0.3 is 4.90 Å². The Bertz CT molecular complexity index is 774. The summed E-state index contributed by atoms with van der Waals surface area (Å²) >= 11 is 0. The van der Waals surface area contributed by atoms with Crippen LogP contribution in [0.3, 0.4) is 0 Å². The standard InChI is InChI=1S/C22H28F2N2O/c1-6-26(15(2)3)14-17-7-9-18(10-8-17)22(27)25(5)16(4)19-11-12-20(23)21(24)13-19/h7-13,15-16H,6,14H2,1-5H3. The molecule has 1 unspecified atom stereocenters. The highest BCUT2D eigenvalue weighted by Gasteiger charge is 2.20. The molecule has 0 heterocycles. The van der Waals surface area contributed by atoms with E-state index in [-0.39, 0.29) is 11.9 Å². The third-order valence-corrected chi connectivity index (χ3v) is 5.05. The van der Waals surface area contributed by atoms with E-state index in [0.29, 0.717) is 17.2 Å². The topological polar surface area (TPSA) is 23.6 Å². The molecule has 0 aliphatic carbocycles. The average molecular weight is 374 g/mol. The first-order valence-corrected chi connectivity index (χ1v) is 9.29. The maximum Gasteiger partial charge on any atom is 0.254 e. The highest BCUT2D eigenvalue weighted by Crippen LogP contribution is 2.23. The molecule has 0 N–H and O–H groups in total. The summed E-state index contributed by atoms with van der Waals surface area (Å²) in [5, 5.41) is 0. The van der Waals surface area contributed by atoms with Gasteiger partial charge in [-0.2, -0.15) is 0 Å². The van der Waals surface area contributed by atoms with Gasteiger partial charge in [-0.1, -0.05) is 25.1 Å². The molecule has 0 aliphatic heterocycles. The molecule has 1 atom stereocenters. The molecule has 0 saturated heterocycles. The van der Waals surface area contributed by atoms with Gasteiger partial charge in [0.2, 0.25) is 0 Å². The molecule has 2 aromatic carbocycles. The number of halogens is 2. The van der Waals surface area contributed by atoms with Crippen LogP contribution in [-0.2, 0) is 6.54 Å². The molecule has 2 rings (SSSR count). The highest BCUT2D eigenvalue weighted by atomic mass is 19.2. The third kappa shape index (κ3) is 5.13. The van der Waals surface area contributed by atoms with Crippen molar-refractivity contribution in [1.82, 2.24) is 9.80 Å². The van der Waals surface area contributed by atoms with Crippen molar-refractivity contribution in [2.75, 3.05) is 13.6 Å². The van der Waals surface area contributed by atoms with Gasteiger partial charge >= 0.3 is 0 Å². The van der Waals surface area contributed by atoms with Gasteiger partial charge in [0.25, 0.3) is 5.91 Å². The van der Waals surface area contributed by atoms with Crippen molar-refractivity contribution >= 4 is 5.91 Å². The Balaban J connectivity index is 2.10. The lowest BCUT2D eigenvalue weighted by Gasteiger charge is -2.26. The van der Waals surface area contributed by atoms with Gasteiger partial charge in [-0.15, -0.1) is 0 Å². The van der Waals surface area contributed by atoms with Crippen LogP contribution in [0.5, 0.6) is 0 Å². The maximum absolute atomic E-state index is 13.5. The molecule has 0 bridgehead atoms. The van der Waals surface area contributed by atoms with Crippen LogP contribution in [0, 0.1) is 11.6 Å². The van der Waals surface area contributed by atoms with Crippen molar-refractivity contribution < 1.29 is 13.6 Å². The highest BCUT2D eigenvalue weighted by molar-refractivity contribution is 5.94. The van der Waals surface area contributed by atoms with E-state index in [0.717, 1.165) is 30.8 Å². The number of nitrogens with zero attached hydrogens (tertiary/aromatic N) is 2. The van der Waals surface area contributed by atoms with E-state index in [1.807, 2.05) is 24.3 Å². The number of carbonyl (C=O) groups excluding carboxylic acids is 1. The minimum absolute atomic E-state index is 0.157. The zero-order valence-electron chi connectivity index (χ0n) is 16.7. The van der Waals surface area contributed by atoms with Crippen molar-refractivity contribution in [3.63, 3.8) is 0 Å². The van der Waals surface area contributed by atoms with Crippen molar-refractivity contribution in [2.45, 2.75) is 46.3 Å². The van der Waals surface area contributed by atoms with Crippen LogP contribution >= 0.6 is 0 Å². The quantitative estimate of drug-likeness (QED) is 0.679. The molecule has 3 nitrogen and oxygen atoms in total. The molecule has 27 heavy (non-hydrogen) atoms. The monoisotopic (exact) mass is 374 g/mol. The Morgan fingerprint density at radius 1 is 1.00 bits per heavy atom. The van der Waals surface area contributed by atoms with Gasteiger partial charge in [0.15, 0.2) is 11.6 Å². The van der Waals surface area contributed by atoms with Gasteiger partial charge in [-0.3, -0.25) is 9.69 Å². The third-order valence-electron chi connectivity index (χ3n) is 5.05. The van der Waals surface area contributed by atoms with Gasteiger partial charge in [0.05, 0.1) is 6.04 Å². The Morgan fingerprint density at radius 2 is 1.63 bits per heavy atom. The molecule has 0 spiro atoms.